The third kappa shape index (κ3) is 3.08. The van der Waals surface area contributed by atoms with Gasteiger partial charge in [-0.3, -0.25) is 0 Å². The maximum absolute atomic E-state index is 5.37. The monoisotopic (exact) mass is 286 g/mol. The highest BCUT2D eigenvalue weighted by atomic mass is 16.5. The largest absolute Gasteiger partial charge is 0.497 e. The molecule has 0 unspecified atom stereocenters. The van der Waals surface area contributed by atoms with E-state index in [1.54, 1.807) is 7.11 Å². The number of aromatic nitrogens is 1. The predicted molar refractivity (Wildman–Crippen MR) is 88.2 cm³/mol. The van der Waals surface area contributed by atoms with Crippen molar-refractivity contribution < 1.29 is 4.74 Å². The number of rotatable bonds is 5. The minimum Gasteiger partial charge on any atom is -0.497 e. The lowest BCUT2D eigenvalue weighted by atomic mass is 9.89. The third-order valence-corrected chi connectivity index (χ3v) is 4.78. The summed E-state index contributed by atoms with van der Waals surface area (Å²) in [7, 11) is 1.74. The van der Waals surface area contributed by atoms with Crippen LogP contribution in [-0.2, 0) is 0 Å². The topological polar surface area (TPSA) is 28.3 Å². The number of nitrogens with zero attached hydrogens (tertiary/aromatic N) is 1. The summed E-state index contributed by atoms with van der Waals surface area (Å²) < 4.78 is 5.37. The van der Waals surface area contributed by atoms with Gasteiger partial charge >= 0.3 is 0 Å². The van der Waals surface area contributed by atoms with Crippen LogP contribution in [0.5, 0.6) is 5.75 Å². The van der Waals surface area contributed by atoms with Crippen LogP contribution in [0.3, 0.4) is 0 Å². The van der Waals surface area contributed by atoms with Crippen molar-refractivity contribution in [1.82, 2.24) is 9.88 Å². The molecule has 0 atom stereocenters. The number of ether oxygens (including phenoxy) is 1. The van der Waals surface area contributed by atoms with Gasteiger partial charge in [-0.2, -0.15) is 0 Å². The Hall–Kier alpha value is -1.48. The van der Waals surface area contributed by atoms with Gasteiger partial charge in [0.2, 0.25) is 0 Å². The molecule has 114 valence electrons. The van der Waals surface area contributed by atoms with Crippen LogP contribution in [0.15, 0.2) is 24.4 Å². The van der Waals surface area contributed by atoms with E-state index in [2.05, 4.69) is 35.1 Å². The molecule has 0 saturated carbocycles. The van der Waals surface area contributed by atoms with Gasteiger partial charge < -0.3 is 14.6 Å². The molecule has 1 aromatic carbocycles. The number of aromatic amines is 1. The van der Waals surface area contributed by atoms with E-state index < -0.39 is 0 Å². The zero-order valence-electron chi connectivity index (χ0n) is 13.2. The summed E-state index contributed by atoms with van der Waals surface area (Å²) in [6.07, 6.45) is 7.37. The molecule has 1 aromatic heterocycles. The van der Waals surface area contributed by atoms with Crippen LogP contribution in [0, 0.1) is 0 Å². The molecule has 0 radical (unpaired) electrons. The van der Waals surface area contributed by atoms with E-state index in [0.29, 0.717) is 5.92 Å². The van der Waals surface area contributed by atoms with Gasteiger partial charge in [-0.05, 0) is 68.6 Å². The minimum absolute atomic E-state index is 0.684. The maximum Gasteiger partial charge on any atom is 0.119 e. The van der Waals surface area contributed by atoms with Gasteiger partial charge in [0.15, 0.2) is 0 Å². The van der Waals surface area contributed by atoms with Crippen molar-refractivity contribution >= 4 is 10.9 Å². The first-order valence-corrected chi connectivity index (χ1v) is 8.19. The Kier molecular flexibility index (Phi) is 4.49. The molecule has 1 aliphatic rings. The Morgan fingerprint density at radius 1 is 1.29 bits per heavy atom. The van der Waals surface area contributed by atoms with Crippen molar-refractivity contribution in [2.75, 3.05) is 26.7 Å². The van der Waals surface area contributed by atoms with Crippen LogP contribution in [0.25, 0.3) is 10.9 Å². The van der Waals surface area contributed by atoms with Crippen LogP contribution < -0.4 is 4.74 Å². The van der Waals surface area contributed by atoms with Crippen LogP contribution in [-0.4, -0.2) is 36.6 Å². The second-order valence-electron chi connectivity index (χ2n) is 6.12. The van der Waals surface area contributed by atoms with Crippen LogP contribution in [0.4, 0.5) is 0 Å². The summed E-state index contributed by atoms with van der Waals surface area (Å²) in [5, 5.41) is 1.33. The van der Waals surface area contributed by atoms with E-state index in [9.17, 15) is 0 Å². The Morgan fingerprint density at radius 3 is 2.81 bits per heavy atom. The van der Waals surface area contributed by atoms with Gasteiger partial charge in [0.25, 0.3) is 0 Å². The fraction of sp³-hybridized carbons (Fsp3) is 0.556. The van der Waals surface area contributed by atoms with Crippen LogP contribution in [0.1, 0.15) is 44.1 Å². The number of H-pyrrole nitrogens is 1. The number of benzene rings is 1. The zero-order chi connectivity index (χ0) is 14.7. The van der Waals surface area contributed by atoms with Gasteiger partial charge in [0.05, 0.1) is 7.11 Å². The highest BCUT2D eigenvalue weighted by Crippen LogP contribution is 2.34. The lowest BCUT2D eigenvalue weighted by Gasteiger charge is -2.31. The van der Waals surface area contributed by atoms with Gasteiger partial charge in [-0.25, -0.2) is 0 Å². The lowest BCUT2D eigenvalue weighted by Crippen LogP contribution is -2.33. The molecule has 1 aliphatic heterocycles. The van der Waals surface area contributed by atoms with Crippen molar-refractivity contribution in [3.63, 3.8) is 0 Å². The number of methoxy groups -OCH3 is 1. The van der Waals surface area contributed by atoms with Gasteiger partial charge in [-0.1, -0.05) is 13.3 Å². The predicted octanol–water partition coefficient (Wildman–Crippen LogP) is 4.16. The molecule has 0 amide bonds. The van der Waals surface area contributed by atoms with Crippen LogP contribution >= 0.6 is 0 Å². The van der Waals surface area contributed by atoms with E-state index in [0.717, 1.165) is 5.75 Å². The first-order chi connectivity index (χ1) is 10.3. The van der Waals surface area contributed by atoms with Gasteiger partial charge in [-0.15, -0.1) is 0 Å². The second kappa shape index (κ2) is 6.52. The minimum atomic E-state index is 0.684. The van der Waals surface area contributed by atoms with E-state index >= 15 is 0 Å². The number of fused-ring (bicyclic) bond motifs is 1. The van der Waals surface area contributed by atoms with E-state index in [1.807, 2.05) is 6.07 Å². The molecule has 0 spiro atoms. The molecule has 0 bridgehead atoms. The number of hydrogen-bond acceptors (Lipinski definition) is 2. The molecule has 3 rings (SSSR count). The summed E-state index contributed by atoms with van der Waals surface area (Å²) in [6.45, 7) is 6.01. The van der Waals surface area contributed by atoms with Gasteiger partial charge in [0.1, 0.15) is 5.75 Å². The second-order valence-corrected chi connectivity index (χ2v) is 6.12. The number of nitrogens with one attached hydrogen (secondary N) is 1. The van der Waals surface area contributed by atoms with Crippen molar-refractivity contribution in [1.29, 1.82) is 0 Å². The molecular weight excluding hydrogens is 260 g/mol. The zero-order valence-corrected chi connectivity index (χ0v) is 13.2. The molecular formula is C18H26N2O. The fourth-order valence-electron chi connectivity index (χ4n) is 3.44. The summed E-state index contributed by atoms with van der Waals surface area (Å²) in [6, 6.07) is 6.31. The Balaban J connectivity index is 1.73. The number of piperidine rings is 1. The van der Waals surface area contributed by atoms with E-state index in [-0.39, 0.29) is 0 Å². The normalized spacial score (nSPS) is 17.4. The molecule has 1 fully saturated rings. The summed E-state index contributed by atoms with van der Waals surface area (Å²) in [5.74, 6) is 1.63. The number of likely N-dealkylation sites (tertiary alicyclic amines) is 1. The quantitative estimate of drug-likeness (QED) is 0.894. The third-order valence-electron chi connectivity index (χ3n) is 4.78. The highest BCUT2D eigenvalue weighted by Gasteiger charge is 2.22. The van der Waals surface area contributed by atoms with E-state index in [1.165, 1.54) is 61.8 Å². The number of hydrogen-bond donors (Lipinski definition) is 1. The molecule has 21 heavy (non-hydrogen) atoms. The summed E-state index contributed by atoms with van der Waals surface area (Å²) in [4.78, 5) is 6.03. The SMILES string of the molecule is CCCCN1CCC(c2c[nH]c3ccc(OC)cc23)CC1. The average Bonchev–Trinajstić information content (AvgIpc) is 2.96. The van der Waals surface area contributed by atoms with Crippen molar-refractivity contribution in [3.8, 4) is 5.75 Å². The molecule has 3 heteroatoms. The molecule has 0 aliphatic carbocycles. The average molecular weight is 286 g/mol. The van der Waals surface area contributed by atoms with Crippen molar-refractivity contribution in [2.45, 2.75) is 38.5 Å². The van der Waals surface area contributed by atoms with Crippen molar-refractivity contribution in [2.24, 2.45) is 0 Å². The lowest BCUT2D eigenvalue weighted by molar-refractivity contribution is 0.210. The summed E-state index contributed by atoms with van der Waals surface area (Å²) >= 11 is 0. The Morgan fingerprint density at radius 2 is 2.10 bits per heavy atom. The Bertz CT molecular complexity index is 582. The summed E-state index contributed by atoms with van der Waals surface area (Å²) in [5.41, 5.74) is 2.69. The fourth-order valence-corrected chi connectivity index (χ4v) is 3.44. The molecule has 2 aromatic rings. The first kappa shape index (κ1) is 14.5. The molecule has 3 nitrogen and oxygen atoms in total. The van der Waals surface area contributed by atoms with E-state index in [4.69, 9.17) is 4.74 Å². The maximum atomic E-state index is 5.37. The molecule has 2 heterocycles. The standard InChI is InChI=1S/C18H26N2O/c1-3-4-9-20-10-7-14(8-11-20)17-13-19-18-6-5-15(21-2)12-16(17)18/h5-6,12-14,19H,3-4,7-11H2,1-2H3. The van der Waals surface area contributed by atoms with Gasteiger partial charge in [0, 0.05) is 17.1 Å². The smallest absolute Gasteiger partial charge is 0.119 e. The Labute approximate surface area is 127 Å². The van der Waals surface area contributed by atoms with Crippen LogP contribution in [0.2, 0.25) is 0 Å². The molecule has 1 N–H and O–H groups in total. The molecule has 1 saturated heterocycles. The highest BCUT2D eigenvalue weighted by molar-refractivity contribution is 5.85. The first-order valence-electron chi connectivity index (χ1n) is 8.19. The number of unbranched alkanes of at least 4 members (excludes halogenated alkanes) is 1. The van der Waals surface area contributed by atoms with Crippen molar-refractivity contribution in [3.05, 3.63) is 30.0 Å².